The van der Waals surface area contributed by atoms with Gasteiger partial charge in [-0.2, -0.15) is 0 Å². The molecule has 0 amide bonds. The van der Waals surface area contributed by atoms with Gasteiger partial charge in [-0.1, -0.05) is 0 Å². The lowest BCUT2D eigenvalue weighted by Crippen LogP contribution is -2.52. The van der Waals surface area contributed by atoms with Gasteiger partial charge >= 0.3 is 0 Å². The molecule has 24 heavy (non-hydrogen) atoms. The van der Waals surface area contributed by atoms with Crippen LogP contribution in [0, 0.1) is 10.1 Å². The van der Waals surface area contributed by atoms with E-state index in [1.807, 2.05) is 0 Å². The van der Waals surface area contributed by atoms with E-state index in [4.69, 9.17) is 9.47 Å². The van der Waals surface area contributed by atoms with Gasteiger partial charge in [-0.25, -0.2) is 13.1 Å². The second kappa shape index (κ2) is 7.43. The smallest absolute Gasteiger partial charge is 0.271 e. The quantitative estimate of drug-likeness (QED) is 0.516. The van der Waals surface area contributed by atoms with E-state index < -0.39 is 20.5 Å². The van der Waals surface area contributed by atoms with Gasteiger partial charge in [0, 0.05) is 25.8 Å². The zero-order chi connectivity index (χ0) is 17.8. The molecule has 0 aliphatic carbocycles. The van der Waals surface area contributed by atoms with Crippen LogP contribution in [0.15, 0.2) is 23.1 Å². The van der Waals surface area contributed by atoms with E-state index in [-0.39, 0.29) is 22.9 Å². The van der Waals surface area contributed by atoms with E-state index in [1.165, 1.54) is 19.2 Å². The van der Waals surface area contributed by atoms with Crippen LogP contribution in [-0.2, 0) is 14.8 Å². The van der Waals surface area contributed by atoms with Crippen molar-refractivity contribution >= 4 is 15.7 Å². The molecule has 1 heterocycles. The number of nitro benzene ring substituents is 1. The molecule has 2 N–H and O–H groups in total. The standard InChI is InChI=1S/C14H21N3O6S/c1-22-10-14(6-3-7-15-14)9-16-24(20,21)13-8-11(17(18)19)4-5-12(13)23-2/h4-5,8,15-16H,3,6-7,9-10H2,1-2H3. The average molecular weight is 359 g/mol. The number of sulfonamides is 1. The molecule has 1 aliphatic heterocycles. The molecule has 1 fully saturated rings. The summed E-state index contributed by atoms with van der Waals surface area (Å²) < 4.78 is 37.9. The predicted molar refractivity (Wildman–Crippen MR) is 86.7 cm³/mol. The summed E-state index contributed by atoms with van der Waals surface area (Å²) in [5.41, 5.74) is -0.794. The molecule has 134 valence electrons. The molecule has 1 aromatic carbocycles. The minimum Gasteiger partial charge on any atom is -0.495 e. The topological polar surface area (TPSA) is 120 Å². The Bertz CT molecular complexity index is 700. The summed E-state index contributed by atoms with van der Waals surface area (Å²) in [5.74, 6) is 0.0493. The lowest BCUT2D eigenvalue weighted by Gasteiger charge is -2.29. The van der Waals surface area contributed by atoms with Crippen molar-refractivity contribution in [2.24, 2.45) is 0 Å². The third kappa shape index (κ3) is 4.01. The van der Waals surface area contributed by atoms with Gasteiger partial charge in [-0.05, 0) is 25.5 Å². The number of ether oxygens (including phenoxy) is 2. The summed E-state index contributed by atoms with van der Waals surface area (Å²) in [6, 6.07) is 3.46. The normalized spacial score (nSPS) is 20.9. The van der Waals surface area contributed by atoms with Crippen LogP contribution >= 0.6 is 0 Å². The van der Waals surface area contributed by atoms with Crippen LogP contribution < -0.4 is 14.8 Å². The fourth-order valence-electron chi connectivity index (χ4n) is 2.77. The van der Waals surface area contributed by atoms with Gasteiger partial charge in [0.15, 0.2) is 0 Å². The lowest BCUT2D eigenvalue weighted by molar-refractivity contribution is -0.385. The van der Waals surface area contributed by atoms with Crippen LogP contribution in [0.25, 0.3) is 0 Å². The fourth-order valence-corrected chi connectivity index (χ4v) is 4.08. The Morgan fingerprint density at radius 3 is 2.71 bits per heavy atom. The third-order valence-electron chi connectivity index (χ3n) is 4.00. The van der Waals surface area contributed by atoms with Gasteiger partial charge in [-0.15, -0.1) is 0 Å². The summed E-state index contributed by atoms with van der Waals surface area (Å²) in [6.45, 7) is 1.27. The van der Waals surface area contributed by atoms with Gasteiger partial charge in [0.05, 0.1) is 24.2 Å². The highest BCUT2D eigenvalue weighted by atomic mass is 32.2. The zero-order valence-electron chi connectivity index (χ0n) is 13.6. The second-order valence-electron chi connectivity index (χ2n) is 5.66. The number of nitrogens with one attached hydrogen (secondary N) is 2. The number of non-ortho nitro benzene ring substituents is 1. The van der Waals surface area contributed by atoms with Crippen molar-refractivity contribution < 1.29 is 22.8 Å². The van der Waals surface area contributed by atoms with Gasteiger partial charge < -0.3 is 14.8 Å². The Hall–Kier alpha value is -1.75. The minimum absolute atomic E-state index is 0.0493. The van der Waals surface area contributed by atoms with E-state index in [9.17, 15) is 18.5 Å². The molecule has 0 bridgehead atoms. The molecule has 1 unspecified atom stereocenters. The first-order valence-corrected chi connectivity index (χ1v) is 8.88. The second-order valence-corrected chi connectivity index (χ2v) is 7.40. The molecule has 9 nitrogen and oxygen atoms in total. The SMILES string of the molecule is COCC1(CNS(=O)(=O)c2cc([N+](=O)[O-])ccc2OC)CCCN1. The molecule has 0 spiro atoms. The number of nitrogens with zero attached hydrogens (tertiary/aromatic N) is 1. The molecule has 1 saturated heterocycles. The highest BCUT2D eigenvalue weighted by Crippen LogP contribution is 2.28. The van der Waals surface area contributed by atoms with Crippen molar-refractivity contribution in [1.29, 1.82) is 0 Å². The van der Waals surface area contributed by atoms with Crippen LogP contribution in [0.3, 0.4) is 0 Å². The fraction of sp³-hybridized carbons (Fsp3) is 0.571. The van der Waals surface area contributed by atoms with E-state index in [0.29, 0.717) is 6.61 Å². The molecule has 0 aromatic heterocycles. The van der Waals surface area contributed by atoms with Crippen LogP contribution in [-0.4, -0.2) is 52.8 Å². The molecule has 1 aliphatic rings. The summed E-state index contributed by atoms with van der Waals surface area (Å²) in [5, 5.41) is 14.2. The Kier molecular flexibility index (Phi) is 5.75. The molecule has 0 radical (unpaired) electrons. The van der Waals surface area contributed by atoms with Crippen molar-refractivity contribution in [2.75, 3.05) is 33.9 Å². The Morgan fingerprint density at radius 2 is 2.17 bits per heavy atom. The molecule has 1 atom stereocenters. The monoisotopic (exact) mass is 359 g/mol. The predicted octanol–water partition coefficient (Wildman–Crippen LogP) is 0.650. The number of hydrogen-bond acceptors (Lipinski definition) is 7. The maximum absolute atomic E-state index is 12.6. The molecular weight excluding hydrogens is 338 g/mol. The van der Waals surface area contributed by atoms with Gasteiger partial charge in [-0.3, -0.25) is 10.1 Å². The Morgan fingerprint density at radius 1 is 1.42 bits per heavy atom. The summed E-state index contributed by atoms with van der Waals surface area (Å²) in [6.07, 6.45) is 1.70. The number of methoxy groups -OCH3 is 2. The van der Waals surface area contributed by atoms with Gasteiger partial charge in [0.2, 0.25) is 10.0 Å². The minimum atomic E-state index is -3.98. The maximum atomic E-state index is 12.6. The Labute approximate surface area is 140 Å². The number of rotatable bonds is 8. The average Bonchev–Trinajstić information content (AvgIpc) is 3.02. The van der Waals surface area contributed by atoms with Crippen molar-refractivity contribution in [1.82, 2.24) is 10.0 Å². The molecule has 2 rings (SSSR count). The largest absolute Gasteiger partial charge is 0.495 e. The van der Waals surface area contributed by atoms with Gasteiger partial charge in [0.25, 0.3) is 5.69 Å². The van der Waals surface area contributed by atoms with Crippen LogP contribution in [0.4, 0.5) is 5.69 Å². The van der Waals surface area contributed by atoms with E-state index in [1.54, 1.807) is 7.11 Å². The van der Waals surface area contributed by atoms with E-state index in [2.05, 4.69) is 10.0 Å². The molecule has 10 heteroatoms. The first kappa shape index (κ1) is 18.6. The molecule has 1 aromatic rings. The van der Waals surface area contributed by atoms with Crippen molar-refractivity contribution in [3.63, 3.8) is 0 Å². The summed E-state index contributed by atoms with van der Waals surface area (Å²) in [7, 11) is -1.11. The van der Waals surface area contributed by atoms with E-state index >= 15 is 0 Å². The van der Waals surface area contributed by atoms with E-state index in [0.717, 1.165) is 25.5 Å². The summed E-state index contributed by atoms with van der Waals surface area (Å²) in [4.78, 5) is 10.00. The van der Waals surface area contributed by atoms with Crippen LogP contribution in [0.5, 0.6) is 5.75 Å². The maximum Gasteiger partial charge on any atom is 0.271 e. The Balaban J connectivity index is 2.26. The third-order valence-corrected chi connectivity index (χ3v) is 5.42. The lowest BCUT2D eigenvalue weighted by atomic mass is 9.99. The number of hydrogen-bond donors (Lipinski definition) is 2. The van der Waals surface area contributed by atoms with Crippen molar-refractivity contribution in [3.05, 3.63) is 28.3 Å². The van der Waals surface area contributed by atoms with Gasteiger partial charge in [0.1, 0.15) is 10.6 Å². The van der Waals surface area contributed by atoms with Crippen LogP contribution in [0.1, 0.15) is 12.8 Å². The first-order valence-electron chi connectivity index (χ1n) is 7.40. The van der Waals surface area contributed by atoms with Crippen molar-refractivity contribution in [3.8, 4) is 5.75 Å². The first-order chi connectivity index (χ1) is 11.3. The number of benzene rings is 1. The summed E-state index contributed by atoms with van der Waals surface area (Å²) >= 11 is 0. The van der Waals surface area contributed by atoms with Crippen molar-refractivity contribution in [2.45, 2.75) is 23.3 Å². The highest BCUT2D eigenvalue weighted by molar-refractivity contribution is 7.89. The van der Waals surface area contributed by atoms with Crippen LogP contribution in [0.2, 0.25) is 0 Å². The zero-order valence-corrected chi connectivity index (χ0v) is 14.4. The molecule has 0 saturated carbocycles. The number of nitro groups is 1. The molecular formula is C14H21N3O6S. The highest BCUT2D eigenvalue weighted by Gasteiger charge is 2.35.